The van der Waals surface area contributed by atoms with E-state index < -0.39 is 0 Å². The maximum absolute atomic E-state index is 6.95. The third-order valence-electron chi connectivity index (χ3n) is 14.4. The Hall–Kier alpha value is -6.56. The minimum Gasteiger partial charge on any atom is -0.375 e. The largest absolute Gasteiger partial charge is 0.375 e. The first kappa shape index (κ1) is 54.2. The van der Waals surface area contributed by atoms with Crippen LogP contribution >= 0.6 is 0 Å². The summed E-state index contributed by atoms with van der Waals surface area (Å²) in [7, 11) is 0. The monoisotopic (exact) mass is 1010 g/mol. The van der Waals surface area contributed by atoms with Crippen LogP contribution in [0.2, 0.25) is 0 Å². The van der Waals surface area contributed by atoms with E-state index in [0.717, 1.165) is 74.6 Å². The summed E-state index contributed by atoms with van der Waals surface area (Å²) in [6.07, 6.45) is 0. The summed E-state index contributed by atoms with van der Waals surface area (Å²) in [5.74, 6) is 0. The van der Waals surface area contributed by atoms with Gasteiger partial charge in [-0.15, -0.1) is 0 Å². The molecule has 1 fully saturated rings. The fraction of sp³-hybridized carbons (Fsp3) is 0.294. The molecule has 0 amide bonds. The first-order valence-electron chi connectivity index (χ1n) is 27.3. The Kier molecular flexibility index (Phi) is 21.6. The molecule has 0 bridgehead atoms. The van der Waals surface area contributed by atoms with Gasteiger partial charge in [-0.1, -0.05) is 243 Å². The maximum atomic E-state index is 6.95. The van der Waals surface area contributed by atoms with Gasteiger partial charge in [0.1, 0.15) is 0 Å². The zero-order chi connectivity index (χ0) is 51.7. The molecule has 8 heteroatoms. The minimum atomic E-state index is -0.0218. The normalized spacial score (nSPS) is 18.4. The lowest BCUT2D eigenvalue weighted by molar-refractivity contribution is -0.0529. The van der Waals surface area contributed by atoms with Gasteiger partial charge in [0.05, 0.1) is 52.9 Å². The number of rotatable bonds is 24. The number of hydrogen-bond donors (Lipinski definition) is 0. The highest BCUT2D eigenvalue weighted by atomic mass is 16.5. The van der Waals surface area contributed by atoms with Crippen molar-refractivity contribution in [2.45, 2.75) is 76.8 Å². The number of ether oxygens (including phenoxy) is 4. The van der Waals surface area contributed by atoms with Crippen LogP contribution < -0.4 is 0 Å². The second-order valence-corrected chi connectivity index (χ2v) is 20.3. The maximum Gasteiger partial charge on any atom is 0.0717 e. The molecule has 1 heterocycles. The van der Waals surface area contributed by atoms with Crippen LogP contribution in [0.5, 0.6) is 0 Å². The molecule has 1 aliphatic rings. The van der Waals surface area contributed by atoms with E-state index in [4.69, 9.17) is 18.9 Å². The molecule has 76 heavy (non-hydrogen) atoms. The van der Waals surface area contributed by atoms with Crippen LogP contribution in [0.15, 0.2) is 243 Å². The highest BCUT2D eigenvalue weighted by Gasteiger charge is 2.36. The molecule has 0 aromatic heterocycles. The van der Waals surface area contributed by atoms with E-state index >= 15 is 0 Å². The average molecular weight is 1010 g/mol. The van der Waals surface area contributed by atoms with Crippen molar-refractivity contribution in [3.8, 4) is 0 Å². The highest BCUT2D eigenvalue weighted by Crippen LogP contribution is 2.25. The van der Waals surface area contributed by atoms with Gasteiger partial charge in [-0.3, -0.25) is 19.6 Å². The average Bonchev–Trinajstić information content (AvgIpc) is 3.47. The van der Waals surface area contributed by atoms with Crippen molar-refractivity contribution < 1.29 is 18.9 Å². The van der Waals surface area contributed by atoms with E-state index in [1.54, 1.807) is 0 Å². The molecule has 0 spiro atoms. The Labute approximate surface area is 453 Å². The van der Waals surface area contributed by atoms with Gasteiger partial charge < -0.3 is 18.9 Å². The first-order valence-corrected chi connectivity index (χ1v) is 27.3. The molecule has 8 nitrogen and oxygen atoms in total. The molecule has 1 aliphatic heterocycles. The Morgan fingerprint density at radius 3 is 0.553 bits per heavy atom. The quantitative estimate of drug-likeness (QED) is 0.0593. The van der Waals surface area contributed by atoms with Gasteiger partial charge in [0.15, 0.2) is 0 Å². The van der Waals surface area contributed by atoms with Gasteiger partial charge in [0.2, 0.25) is 0 Å². The molecule has 0 radical (unpaired) electrons. The van der Waals surface area contributed by atoms with E-state index in [2.05, 4.69) is 262 Å². The molecule has 0 unspecified atom stereocenters. The Morgan fingerprint density at radius 1 is 0.224 bits per heavy atom. The number of nitrogens with zero attached hydrogens (tertiary/aromatic N) is 4. The predicted molar refractivity (Wildman–Crippen MR) is 307 cm³/mol. The van der Waals surface area contributed by atoms with Crippen LogP contribution in [-0.4, -0.2) is 96.4 Å². The lowest BCUT2D eigenvalue weighted by atomic mass is 10.0. The zero-order valence-electron chi connectivity index (χ0n) is 44.1. The fourth-order valence-corrected chi connectivity index (χ4v) is 10.4. The molecule has 9 rings (SSSR count). The van der Waals surface area contributed by atoms with Gasteiger partial charge in [0.25, 0.3) is 0 Å². The summed E-state index contributed by atoms with van der Waals surface area (Å²) in [5, 5.41) is 0. The van der Waals surface area contributed by atoms with Gasteiger partial charge in [0, 0.05) is 76.5 Å². The summed E-state index contributed by atoms with van der Waals surface area (Å²) < 4.78 is 27.8. The molecule has 4 atom stereocenters. The van der Waals surface area contributed by atoms with Crippen LogP contribution in [0, 0.1) is 0 Å². The first-order chi connectivity index (χ1) is 37.7. The van der Waals surface area contributed by atoms with Crippen LogP contribution in [0.25, 0.3) is 0 Å². The Bertz CT molecular complexity index is 2380. The fourth-order valence-electron chi connectivity index (χ4n) is 10.4. The van der Waals surface area contributed by atoms with Crippen LogP contribution in [0.1, 0.15) is 44.5 Å². The second-order valence-electron chi connectivity index (χ2n) is 20.3. The van der Waals surface area contributed by atoms with E-state index in [1.165, 1.54) is 22.3 Å². The lowest BCUT2D eigenvalue weighted by Gasteiger charge is -2.46. The van der Waals surface area contributed by atoms with Gasteiger partial charge >= 0.3 is 0 Å². The van der Waals surface area contributed by atoms with Gasteiger partial charge in [-0.2, -0.15) is 0 Å². The molecule has 0 aliphatic carbocycles. The number of benzene rings is 8. The van der Waals surface area contributed by atoms with Crippen LogP contribution in [-0.2, 0) is 71.6 Å². The Morgan fingerprint density at radius 2 is 0.382 bits per heavy atom. The van der Waals surface area contributed by atoms with Crippen molar-refractivity contribution in [3.63, 3.8) is 0 Å². The summed E-state index contributed by atoms with van der Waals surface area (Å²) >= 11 is 0. The summed E-state index contributed by atoms with van der Waals surface area (Å²) in [4.78, 5) is 10.8. The zero-order valence-corrected chi connectivity index (χ0v) is 44.1. The predicted octanol–water partition coefficient (Wildman–Crippen LogP) is 12.4. The molecule has 8 aromatic rings. The Balaban J connectivity index is 1.18. The smallest absolute Gasteiger partial charge is 0.0717 e. The van der Waals surface area contributed by atoms with Crippen molar-refractivity contribution in [2.24, 2.45) is 0 Å². The van der Waals surface area contributed by atoms with E-state index in [9.17, 15) is 0 Å². The van der Waals surface area contributed by atoms with Crippen molar-refractivity contribution in [3.05, 3.63) is 287 Å². The van der Waals surface area contributed by atoms with Gasteiger partial charge in [-0.25, -0.2) is 0 Å². The summed E-state index contributed by atoms with van der Waals surface area (Å²) in [5.41, 5.74) is 9.71. The van der Waals surface area contributed by atoms with Crippen molar-refractivity contribution in [2.75, 3.05) is 52.6 Å². The molecule has 0 saturated carbocycles. The van der Waals surface area contributed by atoms with Crippen molar-refractivity contribution >= 4 is 0 Å². The molecular weight excluding hydrogens is 937 g/mol. The number of hydrogen-bond acceptors (Lipinski definition) is 8. The second kappa shape index (κ2) is 30.3. The minimum absolute atomic E-state index is 0.0218. The van der Waals surface area contributed by atoms with Crippen LogP contribution in [0.3, 0.4) is 0 Å². The molecule has 0 N–H and O–H groups in total. The molecule has 392 valence electrons. The third-order valence-corrected chi connectivity index (χ3v) is 14.4. The van der Waals surface area contributed by atoms with Gasteiger partial charge in [-0.05, 0) is 44.5 Å². The third kappa shape index (κ3) is 17.8. The van der Waals surface area contributed by atoms with E-state index in [0.29, 0.717) is 52.9 Å². The molecular formula is C68H76N4O4. The summed E-state index contributed by atoms with van der Waals surface area (Å²) in [6.45, 7) is 10.2. The molecule has 8 aromatic carbocycles. The summed E-state index contributed by atoms with van der Waals surface area (Å²) in [6, 6.07) is 86.2. The van der Waals surface area contributed by atoms with Crippen molar-refractivity contribution in [1.82, 2.24) is 19.6 Å². The molecule has 1 saturated heterocycles. The van der Waals surface area contributed by atoms with E-state index in [-0.39, 0.29) is 24.2 Å². The van der Waals surface area contributed by atoms with Crippen LogP contribution in [0.4, 0.5) is 0 Å². The highest BCUT2D eigenvalue weighted by molar-refractivity contribution is 5.21. The van der Waals surface area contributed by atoms with E-state index in [1.807, 2.05) is 0 Å². The topological polar surface area (TPSA) is 49.9 Å². The SMILES string of the molecule is c1ccc(COC[C@@H]2CN(Cc3ccccc3)[C@H](COCc3ccccc3)CN(Cc3ccccc3)[C@H](COCc3ccccc3)CN(Cc3ccccc3)[C@H](COCc3ccccc3)CN2Cc2ccccc2)cc1. The standard InChI is InChI=1S/C68H76N4O4/c1-9-25-57(26-10-1)41-69-45-66(54-74-50-62-35-19-6-20-36-62)71(43-59-29-13-3-14-30-59)47-68(56-76-52-64-39-23-8-24-40-64)72(44-60-31-15-4-16-32-60)48-67(55-75-51-63-37-21-7-22-38-63)70(42-58-27-11-2-12-28-58)46-65(69)53-73-49-61-33-17-5-18-34-61/h1-40,65-68H,41-56H2/t65-,66-,67-,68-/m0/s1. The lowest BCUT2D eigenvalue weighted by Crippen LogP contribution is -2.60. The van der Waals surface area contributed by atoms with Crippen molar-refractivity contribution in [1.29, 1.82) is 0 Å².